The number of carbonyl (C=O) groups is 1. The van der Waals surface area contributed by atoms with Gasteiger partial charge in [0.25, 0.3) is 0 Å². The number of nitrogens with one attached hydrogen (secondary N) is 3. The zero-order chi connectivity index (χ0) is 26.1. The standard InChI is InChI=1S/C27H32FN7O2/c1-16-13-20-21(30-16)7-8-23(26(20)28)37-27-32-24(31-17(2)14-22(29-4)19-5-6-19)15-25(33-27)35-11-9-34(10-12-35)18(3)36/h7-8,13-15,19,29-30H,2,5-6,9-12H2,1,3-4H3,(H,31,32,33)/b22-14-. The molecule has 1 aromatic carbocycles. The number of benzene rings is 1. The fraction of sp³-hybridized carbons (Fsp3) is 0.370. The van der Waals surface area contributed by atoms with Gasteiger partial charge in [-0.3, -0.25) is 4.79 Å². The van der Waals surface area contributed by atoms with Gasteiger partial charge >= 0.3 is 6.01 Å². The van der Waals surface area contributed by atoms with E-state index in [2.05, 4.69) is 37.1 Å². The molecule has 37 heavy (non-hydrogen) atoms. The van der Waals surface area contributed by atoms with E-state index in [1.54, 1.807) is 25.1 Å². The number of rotatable bonds is 8. The number of anilines is 2. The van der Waals surface area contributed by atoms with Crippen molar-refractivity contribution in [2.75, 3.05) is 43.4 Å². The smallest absolute Gasteiger partial charge is 0.326 e. The first kappa shape index (κ1) is 24.6. The zero-order valence-electron chi connectivity index (χ0n) is 21.4. The fourth-order valence-corrected chi connectivity index (χ4v) is 4.58. The van der Waals surface area contributed by atoms with E-state index in [9.17, 15) is 4.79 Å². The number of carbonyl (C=O) groups excluding carboxylic acids is 1. The highest BCUT2D eigenvalue weighted by atomic mass is 19.1. The molecule has 0 bridgehead atoms. The molecule has 2 aliphatic rings. The summed E-state index contributed by atoms with van der Waals surface area (Å²) in [5.74, 6) is 1.27. The molecule has 1 saturated carbocycles. The summed E-state index contributed by atoms with van der Waals surface area (Å²) in [4.78, 5) is 27.9. The van der Waals surface area contributed by atoms with E-state index in [-0.39, 0.29) is 17.7 Å². The van der Waals surface area contributed by atoms with Crippen LogP contribution in [-0.4, -0.2) is 59.0 Å². The summed E-state index contributed by atoms with van der Waals surface area (Å²) in [6, 6.07) is 6.92. The third-order valence-electron chi connectivity index (χ3n) is 6.70. The number of aryl methyl sites for hydroxylation is 1. The summed E-state index contributed by atoms with van der Waals surface area (Å²) < 4.78 is 21.1. The minimum atomic E-state index is -0.476. The Bertz CT molecular complexity index is 1370. The number of amides is 1. The SMILES string of the molecule is C=C(/C=C(\NC)C1CC1)Nc1cc(N2CCN(C(C)=O)CC2)nc(Oc2ccc3[nH]c(C)cc3c2F)n1. The number of halogens is 1. The first-order valence-corrected chi connectivity index (χ1v) is 12.5. The van der Waals surface area contributed by atoms with Crippen LogP contribution in [0.4, 0.5) is 16.0 Å². The van der Waals surface area contributed by atoms with E-state index in [0.717, 1.165) is 11.4 Å². The van der Waals surface area contributed by atoms with Gasteiger partial charge in [0.2, 0.25) is 5.91 Å². The first-order chi connectivity index (χ1) is 17.8. The van der Waals surface area contributed by atoms with Gasteiger partial charge in [-0.2, -0.15) is 9.97 Å². The van der Waals surface area contributed by atoms with Crippen molar-refractivity contribution in [3.8, 4) is 11.8 Å². The normalized spacial score (nSPS) is 16.2. The summed E-state index contributed by atoms with van der Waals surface area (Å²) in [6.45, 7) is 10.0. The maximum absolute atomic E-state index is 15.2. The van der Waals surface area contributed by atoms with Crippen molar-refractivity contribution in [3.63, 3.8) is 0 Å². The molecule has 194 valence electrons. The molecule has 2 fully saturated rings. The molecule has 10 heteroatoms. The summed E-state index contributed by atoms with van der Waals surface area (Å²) in [6.07, 6.45) is 4.31. The number of aromatic nitrogens is 3. The van der Waals surface area contributed by atoms with E-state index < -0.39 is 5.82 Å². The second-order valence-electron chi connectivity index (χ2n) is 9.55. The average molecular weight is 506 g/mol. The molecule has 1 amide bonds. The van der Waals surface area contributed by atoms with E-state index >= 15 is 4.39 Å². The van der Waals surface area contributed by atoms with Crippen molar-refractivity contribution >= 4 is 28.4 Å². The monoisotopic (exact) mass is 505 g/mol. The lowest BCUT2D eigenvalue weighted by molar-refractivity contribution is -0.129. The summed E-state index contributed by atoms with van der Waals surface area (Å²) in [5.41, 5.74) is 3.35. The van der Waals surface area contributed by atoms with Crippen LogP contribution in [0.25, 0.3) is 10.9 Å². The van der Waals surface area contributed by atoms with Crippen molar-refractivity contribution in [3.05, 3.63) is 59.8 Å². The molecule has 3 heterocycles. The lowest BCUT2D eigenvalue weighted by Gasteiger charge is -2.35. The molecule has 0 atom stereocenters. The minimum absolute atomic E-state index is 0.0207. The average Bonchev–Trinajstić information content (AvgIpc) is 3.65. The van der Waals surface area contributed by atoms with Gasteiger partial charge in [0.15, 0.2) is 11.6 Å². The second kappa shape index (κ2) is 10.1. The summed E-state index contributed by atoms with van der Waals surface area (Å²) in [7, 11) is 1.91. The zero-order valence-corrected chi connectivity index (χ0v) is 21.4. The second-order valence-corrected chi connectivity index (χ2v) is 9.55. The molecule has 3 N–H and O–H groups in total. The Morgan fingerprint density at radius 1 is 1.22 bits per heavy atom. The van der Waals surface area contributed by atoms with Crippen LogP contribution >= 0.6 is 0 Å². The van der Waals surface area contributed by atoms with Gasteiger partial charge in [0.05, 0.1) is 0 Å². The number of aromatic amines is 1. The molecule has 1 saturated heterocycles. The van der Waals surface area contributed by atoms with Gasteiger partial charge in [-0.05, 0) is 50.0 Å². The number of hydrogen-bond acceptors (Lipinski definition) is 7. The van der Waals surface area contributed by atoms with Crippen LogP contribution in [0.1, 0.15) is 25.5 Å². The third-order valence-corrected chi connectivity index (χ3v) is 6.70. The molecule has 5 rings (SSSR count). The van der Waals surface area contributed by atoms with Crippen molar-refractivity contribution in [2.45, 2.75) is 26.7 Å². The van der Waals surface area contributed by atoms with Crippen LogP contribution in [0.3, 0.4) is 0 Å². The van der Waals surface area contributed by atoms with Crippen LogP contribution in [-0.2, 0) is 4.79 Å². The molecule has 0 radical (unpaired) electrons. The van der Waals surface area contributed by atoms with Crippen LogP contribution < -0.4 is 20.3 Å². The first-order valence-electron chi connectivity index (χ1n) is 12.5. The van der Waals surface area contributed by atoms with Gasteiger partial charge < -0.3 is 30.2 Å². The fourth-order valence-electron chi connectivity index (χ4n) is 4.58. The summed E-state index contributed by atoms with van der Waals surface area (Å²) >= 11 is 0. The van der Waals surface area contributed by atoms with Crippen molar-refractivity contribution < 1.29 is 13.9 Å². The number of H-pyrrole nitrogens is 1. The van der Waals surface area contributed by atoms with E-state index in [1.165, 1.54) is 12.8 Å². The van der Waals surface area contributed by atoms with Gasteiger partial charge in [0.1, 0.15) is 11.6 Å². The largest absolute Gasteiger partial charge is 0.421 e. The van der Waals surface area contributed by atoms with E-state index in [4.69, 9.17) is 4.74 Å². The van der Waals surface area contributed by atoms with Crippen molar-refractivity contribution in [1.82, 2.24) is 25.2 Å². The minimum Gasteiger partial charge on any atom is -0.421 e. The Balaban J connectivity index is 1.43. The van der Waals surface area contributed by atoms with Crippen LogP contribution in [0.15, 0.2) is 48.3 Å². The maximum Gasteiger partial charge on any atom is 0.326 e. The third kappa shape index (κ3) is 5.52. The van der Waals surface area contributed by atoms with Crippen molar-refractivity contribution in [1.29, 1.82) is 0 Å². The van der Waals surface area contributed by atoms with Gasteiger partial charge in [-0.25, -0.2) is 4.39 Å². The predicted octanol–water partition coefficient (Wildman–Crippen LogP) is 4.31. The Kier molecular flexibility index (Phi) is 6.73. The number of piperazine rings is 1. The number of allylic oxidation sites excluding steroid dienone is 2. The van der Waals surface area contributed by atoms with Gasteiger partial charge in [-0.15, -0.1) is 0 Å². The maximum atomic E-state index is 15.2. The topological polar surface area (TPSA) is 98.4 Å². The molecular weight excluding hydrogens is 473 g/mol. The highest BCUT2D eigenvalue weighted by molar-refractivity contribution is 5.82. The lowest BCUT2D eigenvalue weighted by Crippen LogP contribution is -2.48. The molecule has 0 unspecified atom stereocenters. The molecular formula is C27H32FN7O2. The number of ether oxygens (including phenoxy) is 1. The molecule has 1 aliphatic carbocycles. The van der Waals surface area contributed by atoms with Crippen LogP contribution in [0.5, 0.6) is 11.8 Å². The number of fused-ring (bicyclic) bond motifs is 1. The van der Waals surface area contributed by atoms with Crippen LogP contribution in [0.2, 0.25) is 0 Å². The van der Waals surface area contributed by atoms with E-state index in [1.807, 2.05) is 31.0 Å². The number of nitrogens with zero attached hydrogens (tertiary/aromatic N) is 4. The Morgan fingerprint density at radius 3 is 2.65 bits per heavy atom. The van der Waals surface area contributed by atoms with Gasteiger partial charge in [-0.1, -0.05) is 6.58 Å². The van der Waals surface area contributed by atoms with E-state index in [0.29, 0.717) is 60.3 Å². The highest BCUT2D eigenvalue weighted by Gasteiger charge is 2.25. The Morgan fingerprint density at radius 2 is 1.97 bits per heavy atom. The lowest BCUT2D eigenvalue weighted by atomic mass is 10.2. The van der Waals surface area contributed by atoms with Crippen LogP contribution in [0, 0.1) is 18.7 Å². The molecule has 1 aliphatic heterocycles. The molecule has 0 spiro atoms. The predicted molar refractivity (Wildman–Crippen MR) is 142 cm³/mol. The van der Waals surface area contributed by atoms with Gasteiger partial charge in [0, 0.05) is 74.2 Å². The Labute approximate surface area is 215 Å². The molecule has 9 nitrogen and oxygen atoms in total. The van der Waals surface area contributed by atoms with Crippen molar-refractivity contribution in [2.24, 2.45) is 5.92 Å². The summed E-state index contributed by atoms with van der Waals surface area (Å²) in [5, 5.41) is 6.93. The quantitative estimate of drug-likeness (QED) is 0.393. The molecule has 2 aromatic heterocycles. The number of hydrogen-bond donors (Lipinski definition) is 3. The molecule has 3 aromatic rings. The Hall–Kier alpha value is -4.08. The highest BCUT2D eigenvalue weighted by Crippen LogP contribution is 2.35.